The number of methoxy groups -OCH3 is 1. The molecule has 136 valence electrons. The van der Waals surface area contributed by atoms with Gasteiger partial charge in [-0.1, -0.05) is 6.42 Å². The van der Waals surface area contributed by atoms with Crippen LogP contribution in [0.15, 0.2) is 0 Å². The number of likely N-dealkylation sites (tertiary alicyclic amines) is 1. The second-order valence-electron chi connectivity index (χ2n) is 7.61. The number of carbonyl (C=O) groups is 2. The van der Waals surface area contributed by atoms with Gasteiger partial charge in [0, 0.05) is 6.54 Å². The van der Waals surface area contributed by atoms with E-state index in [1.165, 1.54) is 12.0 Å². The number of rotatable bonds is 5. The molecule has 1 amide bonds. The van der Waals surface area contributed by atoms with Gasteiger partial charge in [-0.3, -0.25) is 4.90 Å². The maximum atomic E-state index is 12.0. The lowest BCUT2D eigenvalue weighted by Crippen LogP contribution is -2.43. The molecule has 7 nitrogen and oxygen atoms in total. The van der Waals surface area contributed by atoms with Gasteiger partial charge in [-0.05, 0) is 52.8 Å². The molecule has 0 aromatic heterocycles. The average molecular weight is 341 g/mol. The highest BCUT2D eigenvalue weighted by molar-refractivity contribution is 6.45. The zero-order chi connectivity index (χ0) is 18.1. The molecular weight excluding hydrogens is 313 g/mol. The number of carboxylic acid groups (broad SMARTS) is 1. The van der Waals surface area contributed by atoms with Crippen LogP contribution in [-0.4, -0.2) is 60.1 Å². The Kier molecular flexibility index (Phi) is 5.49. The fraction of sp³-hybridized carbons (Fsp3) is 0.875. The minimum Gasteiger partial charge on any atom is -0.467 e. The highest BCUT2D eigenvalue weighted by Crippen LogP contribution is 2.38. The smallest absolute Gasteiger partial charge is 0.457 e. The maximum absolute atomic E-state index is 12.0. The fourth-order valence-electron chi connectivity index (χ4n) is 3.44. The molecule has 2 saturated heterocycles. The van der Waals surface area contributed by atoms with E-state index >= 15 is 0 Å². The first-order chi connectivity index (χ1) is 11.1. The number of nitrogens with zero attached hydrogens (tertiary/aromatic N) is 1. The second-order valence-corrected chi connectivity index (χ2v) is 7.61. The molecule has 2 heterocycles. The van der Waals surface area contributed by atoms with Gasteiger partial charge in [0.1, 0.15) is 6.04 Å². The van der Waals surface area contributed by atoms with Crippen molar-refractivity contribution >= 4 is 19.2 Å². The first kappa shape index (κ1) is 19.1. The molecule has 2 aliphatic heterocycles. The number of hydrogen-bond acceptors (Lipinski definition) is 5. The standard InChI is InChI=1S/C16H28BNO6/c1-15(2)16(3,4)24-17(23-15)9-6-7-11-8-10-18(14(20)21)12(11)13(19)22-5/h11-12H,6-10H2,1-5H3,(H,20,21). The quantitative estimate of drug-likeness (QED) is 0.610. The SMILES string of the molecule is COC(=O)C1C(CCCB2OC(C)(C)C(C)(C)O2)CCN1C(=O)O. The number of ether oxygens (including phenoxy) is 1. The van der Waals surface area contributed by atoms with E-state index in [4.69, 9.17) is 14.0 Å². The van der Waals surface area contributed by atoms with Gasteiger partial charge >= 0.3 is 19.2 Å². The third-order valence-corrected chi connectivity index (χ3v) is 5.53. The molecule has 2 unspecified atom stereocenters. The molecule has 0 radical (unpaired) electrons. The van der Waals surface area contributed by atoms with E-state index < -0.39 is 18.1 Å². The van der Waals surface area contributed by atoms with Gasteiger partial charge < -0.3 is 19.2 Å². The number of amides is 1. The predicted molar refractivity (Wildman–Crippen MR) is 88.8 cm³/mol. The Morgan fingerprint density at radius 1 is 1.25 bits per heavy atom. The van der Waals surface area contributed by atoms with Gasteiger partial charge in [0.25, 0.3) is 0 Å². The van der Waals surface area contributed by atoms with Crippen LogP contribution in [0.25, 0.3) is 0 Å². The molecule has 0 spiro atoms. The van der Waals surface area contributed by atoms with Crippen LogP contribution in [0.3, 0.4) is 0 Å². The summed E-state index contributed by atoms with van der Waals surface area (Å²) in [5.41, 5.74) is -0.695. The van der Waals surface area contributed by atoms with Crippen molar-refractivity contribution in [3.05, 3.63) is 0 Å². The molecule has 0 aromatic rings. The van der Waals surface area contributed by atoms with Gasteiger partial charge in [0.05, 0.1) is 18.3 Å². The molecule has 8 heteroatoms. The van der Waals surface area contributed by atoms with Crippen LogP contribution in [-0.2, 0) is 18.8 Å². The molecule has 0 aromatic carbocycles. The Morgan fingerprint density at radius 2 is 1.83 bits per heavy atom. The Balaban J connectivity index is 1.88. The van der Waals surface area contributed by atoms with Crippen LogP contribution in [0.5, 0.6) is 0 Å². The van der Waals surface area contributed by atoms with Crippen LogP contribution < -0.4 is 0 Å². The lowest BCUT2D eigenvalue weighted by Gasteiger charge is -2.32. The fourth-order valence-corrected chi connectivity index (χ4v) is 3.44. The molecule has 24 heavy (non-hydrogen) atoms. The molecule has 0 saturated carbocycles. The van der Waals surface area contributed by atoms with Crippen LogP contribution >= 0.6 is 0 Å². The van der Waals surface area contributed by atoms with Crippen molar-refractivity contribution in [2.24, 2.45) is 5.92 Å². The van der Waals surface area contributed by atoms with E-state index in [1.807, 2.05) is 27.7 Å². The van der Waals surface area contributed by atoms with Gasteiger partial charge in [-0.2, -0.15) is 0 Å². The van der Waals surface area contributed by atoms with Gasteiger partial charge in [0.15, 0.2) is 0 Å². The van der Waals surface area contributed by atoms with Crippen LogP contribution in [0.4, 0.5) is 4.79 Å². The topological polar surface area (TPSA) is 85.3 Å². The van der Waals surface area contributed by atoms with Crippen molar-refractivity contribution < 1.29 is 28.7 Å². The van der Waals surface area contributed by atoms with Gasteiger partial charge in [-0.25, -0.2) is 9.59 Å². The van der Waals surface area contributed by atoms with E-state index in [0.717, 1.165) is 19.2 Å². The largest absolute Gasteiger partial charge is 0.467 e. The normalized spacial score (nSPS) is 28.2. The predicted octanol–water partition coefficient (Wildman–Crippen LogP) is 2.40. The molecule has 0 bridgehead atoms. The average Bonchev–Trinajstić information content (AvgIpc) is 2.97. The summed E-state index contributed by atoms with van der Waals surface area (Å²) in [6, 6.07) is -0.703. The highest BCUT2D eigenvalue weighted by atomic mass is 16.7. The third kappa shape index (κ3) is 3.69. The summed E-state index contributed by atoms with van der Waals surface area (Å²) < 4.78 is 16.7. The molecule has 2 atom stereocenters. The van der Waals surface area contributed by atoms with E-state index in [0.29, 0.717) is 13.0 Å². The van der Waals surface area contributed by atoms with Crippen molar-refractivity contribution in [2.75, 3.05) is 13.7 Å². The van der Waals surface area contributed by atoms with E-state index in [1.54, 1.807) is 0 Å². The summed E-state index contributed by atoms with van der Waals surface area (Å²) in [6.45, 7) is 8.43. The van der Waals surface area contributed by atoms with Crippen LogP contribution in [0.2, 0.25) is 6.32 Å². The van der Waals surface area contributed by atoms with E-state index in [9.17, 15) is 14.7 Å². The van der Waals surface area contributed by atoms with Crippen molar-refractivity contribution in [1.82, 2.24) is 4.90 Å². The van der Waals surface area contributed by atoms with Crippen molar-refractivity contribution in [3.8, 4) is 0 Å². The molecular formula is C16H28BNO6. The highest BCUT2D eigenvalue weighted by Gasteiger charge is 2.50. The Labute approximate surface area is 143 Å². The van der Waals surface area contributed by atoms with Crippen LogP contribution in [0, 0.1) is 5.92 Å². The minimum atomic E-state index is -1.07. The van der Waals surface area contributed by atoms with E-state index in [2.05, 4.69) is 0 Å². The van der Waals surface area contributed by atoms with Crippen molar-refractivity contribution in [2.45, 2.75) is 70.5 Å². The Bertz CT molecular complexity index is 479. The first-order valence-electron chi connectivity index (χ1n) is 8.52. The molecule has 2 aliphatic rings. The molecule has 2 fully saturated rings. The summed E-state index contributed by atoms with van der Waals surface area (Å²) in [4.78, 5) is 24.4. The lowest BCUT2D eigenvalue weighted by atomic mass is 9.80. The summed E-state index contributed by atoms with van der Waals surface area (Å²) in [7, 11) is 1.03. The van der Waals surface area contributed by atoms with Crippen molar-refractivity contribution in [3.63, 3.8) is 0 Å². The number of hydrogen-bond donors (Lipinski definition) is 1. The second kappa shape index (κ2) is 6.92. The number of carbonyl (C=O) groups excluding carboxylic acids is 1. The number of esters is 1. The van der Waals surface area contributed by atoms with E-state index in [-0.39, 0.29) is 24.2 Å². The summed E-state index contributed by atoms with van der Waals surface area (Å²) in [6.07, 6.45) is 1.88. The zero-order valence-corrected chi connectivity index (χ0v) is 15.2. The monoisotopic (exact) mass is 341 g/mol. The molecule has 1 N–H and O–H groups in total. The van der Waals surface area contributed by atoms with Gasteiger partial charge in [0.2, 0.25) is 0 Å². The Hall–Kier alpha value is -1.28. The van der Waals surface area contributed by atoms with Crippen molar-refractivity contribution in [1.29, 1.82) is 0 Å². The lowest BCUT2D eigenvalue weighted by molar-refractivity contribution is -0.146. The molecule has 2 rings (SSSR count). The minimum absolute atomic E-state index is 0.0176. The Morgan fingerprint density at radius 3 is 2.33 bits per heavy atom. The summed E-state index contributed by atoms with van der Waals surface area (Å²) in [5.74, 6) is -0.494. The summed E-state index contributed by atoms with van der Waals surface area (Å²) >= 11 is 0. The van der Waals surface area contributed by atoms with Crippen LogP contribution in [0.1, 0.15) is 47.0 Å². The van der Waals surface area contributed by atoms with Gasteiger partial charge in [-0.15, -0.1) is 0 Å². The molecule has 0 aliphatic carbocycles. The third-order valence-electron chi connectivity index (χ3n) is 5.53. The first-order valence-corrected chi connectivity index (χ1v) is 8.52. The summed E-state index contributed by atoms with van der Waals surface area (Å²) in [5, 5.41) is 9.24. The maximum Gasteiger partial charge on any atom is 0.457 e. The zero-order valence-electron chi connectivity index (χ0n) is 15.2.